The zero-order chi connectivity index (χ0) is 12.3. The van der Waals surface area contributed by atoms with Gasteiger partial charge in [0, 0.05) is 4.47 Å². The van der Waals surface area contributed by atoms with Gasteiger partial charge in [0.15, 0.2) is 6.61 Å². The molecule has 0 saturated heterocycles. The van der Waals surface area contributed by atoms with E-state index in [2.05, 4.69) is 20.7 Å². The van der Waals surface area contributed by atoms with Crippen LogP contribution in [-0.4, -0.2) is 18.6 Å². The van der Waals surface area contributed by atoms with Crippen molar-refractivity contribution in [2.45, 2.75) is 6.18 Å². The molecule has 88 valence electrons. The maximum atomic E-state index is 11.9. The summed E-state index contributed by atoms with van der Waals surface area (Å²) < 4.78 is 41.0. The molecule has 0 aliphatic carbocycles. The van der Waals surface area contributed by atoms with Crippen molar-refractivity contribution in [3.63, 3.8) is 0 Å². The first-order valence-corrected chi connectivity index (χ1v) is 4.92. The van der Waals surface area contributed by atoms with Gasteiger partial charge in [-0.1, -0.05) is 15.9 Å². The molecule has 0 aliphatic rings. The fourth-order valence-electron chi connectivity index (χ4n) is 0.998. The maximum Gasteiger partial charge on any atom is 0.422 e. The van der Waals surface area contributed by atoms with Crippen LogP contribution in [0.3, 0.4) is 0 Å². The topological polar surface area (TPSA) is 59.1 Å². The Hall–Kier alpha value is -1.24. The van der Waals surface area contributed by atoms with Gasteiger partial charge in [-0.25, -0.2) is 0 Å². The van der Waals surface area contributed by atoms with Crippen molar-refractivity contribution >= 4 is 21.8 Å². The van der Waals surface area contributed by atoms with Crippen LogP contribution < -0.4 is 10.5 Å². The molecular weight excluding hydrogens is 289 g/mol. The predicted molar refractivity (Wildman–Crippen MR) is 56.7 cm³/mol. The van der Waals surface area contributed by atoms with Gasteiger partial charge in [-0.05, 0) is 18.2 Å². The van der Waals surface area contributed by atoms with Gasteiger partial charge in [0.2, 0.25) is 0 Å². The minimum Gasteiger partial charge on any atom is -0.483 e. The van der Waals surface area contributed by atoms with Crippen molar-refractivity contribution in [1.82, 2.24) is 0 Å². The van der Waals surface area contributed by atoms with Crippen LogP contribution in [0, 0.1) is 5.41 Å². The fourth-order valence-corrected chi connectivity index (χ4v) is 1.36. The van der Waals surface area contributed by atoms with E-state index in [4.69, 9.17) is 11.1 Å². The lowest BCUT2D eigenvalue weighted by Gasteiger charge is -2.12. The highest BCUT2D eigenvalue weighted by molar-refractivity contribution is 9.10. The molecule has 0 fully saturated rings. The van der Waals surface area contributed by atoms with Gasteiger partial charge in [-0.2, -0.15) is 13.2 Å². The third kappa shape index (κ3) is 3.73. The van der Waals surface area contributed by atoms with Gasteiger partial charge in [-0.3, -0.25) is 5.41 Å². The van der Waals surface area contributed by atoms with E-state index in [0.717, 1.165) is 0 Å². The van der Waals surface area contributed by atoms with Crippen LogP contribution in [0.15, 0.2) is 22.7 Å². The zero-order valence-corrected chi connectivity index (χ0v) is 9.52. The summed E-state index contributed by atoms with van der Waals surface area (Å²) >= 11 is 3.13. The summed E-state index contributed by atoms with van der Waals surface area (Å²) in [7, 11) is 0. The van der Waals surface area contributed by atoms with Crippen LogP contribution >= 0.6 is 15.9 Å². The molecule has 1 aromatic rings. The molecule has 0 saturated carbocycles. The van der Waals surface area contributed by atoms with Crippen molar-refractivity contribution in [1.29, 1.82) is 5.41 Å². The summed E-state index contributed by atoms with van der Waals surface area (Å²) in [6, 6.07) is 4.26. The minimum atomic E-state index is -4.42. The number of hydrogen-bond donors (Lipinski definition) is 2. The molecule has 0 amide bonds. The molecule has 16 heavy (non-hydrogen) atoms. The van der Waals surface area contributed by atoms with Gasteiger partial charge in [0.25, 0.3) is 0 Å². The van der Waals surface area contributed by atoms with Crippen LogP contribution in [-0.2, 0) is 0 Å². The lowest BCUT2D eigenvalue weighted by atomic mass is 10.2. The van der Waals surface area contributed by atoms with Crippen LogP contribution in [0.4, 0.5) is 13.2 Å². The molecular formula is C9H8BrF3N2O. The number of amidine groups is 1. The summed E-state index contributed by atoms with van der Waals surface area (Å²) in [5.41, 5.74) is 5.35. The first kappa shape index (κ1) is 12.8. The number of alkyl halides is 3. The lowest BCUT2D eigenvalue weighted by molar-refractivity contribution is -0.153. The molecule has 0 bridgehead atoms. The first-order valence-electron chi connectivity index (χ1n) is 4.13. The van der Waals surface area contributed by atoms with E-state index in [-0.39, 0.29) is 17.1 Å². The quantitative estimate of drug-likeness (QED) is 0.665. The number of benzene rings is 1. The largest absolute Gasteiger partial charge is 0.483 e. The number of nitrogens with two attached hydrogens (primary N) is 1. The van der Waals surface area contributed by atoms with E-state index in [1.54, 1.807) is 0 Å². The van der Waals surface area contributed by atoms with Gasteiger partial charge < -0.3 is 10.5 Å². The van der Waals surface area contributed by atoms with Crippen LogP contribution in [0.2, 0.25) is 0 Å². The van der Waals surface area contributed by atoms with E-state index in [1.807, 2.05) is 0 Å². The second-order valence-electron chi connectivity index (χ2n) is 2.96. The summed E-state index contributed by atoms with van der Waals surface area (Å²) in [6.07, 6.45) is -4.42. The first-order chi connectivity index (χ1) is 7.29. The molecule has 0 unspecified atom stereocenters. The van der Waals surface area contributed by atoms with Gasteiger partial charge in [-0.15, -0.1) is 0 Å². The average Bonchev–Trinajstić information content (AvgIpc) is 2.14. The molecule has 0 atom stereocenters. The molecule has 3 N–H and O–H groups in total. The molecule has 0 radical (unpaired) electrons. The number of halogens is 4. The van der Waals surface area contributed by atoms with E-state index in [9.17, 15) is 13.2 Å². The Morgan fingerprint density at radius 3 is 2.56 bits per heavy atom. The molecule has 0 heterocycles. The summed E-state index contributed by atoms with van der Waals surface area (Å²) in [4.78, 5) is 0. The number of ether oxygens (including phenoxy) is 1. The Balaban J connectivity index is 2.91. The second-order valence-corrected chi connectivity index (χ2v) is 3.87. The number of hydrogen-bond acceptors (Lipinski definition) is 2. The van der Waals surface area contributed by atoms with E-state index in [0.29, 0.717) is 4.47 Å². The smallest absolute Gasteiger partial charge is 0.422 e. The molecule has 3 nitrogen and oxygen atoms in total. The van der Waals surface area contributed by atoms with Gasteiger partial charge in [0.05, 0.1) is 5.56 Å². The van der Waals surface area contributed by atoms with Crippen molar-refractivity contribution < 1.29 is 17.9 Å². The van der Waals surface area contributed by atoms with E-state index >= 15 is 0 Å². The van der Waals surface area contributed by atoms with Gasteiger partial charge >= 0.3 is 6.18 Å². The summed E-state index contributed by atoms with van der Waals surface area (Å²) in [6.45, 7) is -1.41. The van der Waals surface area contributed by atoms with Crippen molar-refractivity contribution in [2.24, 2.45) is 5.73 Å². The van der Waals surface area contributed by atoms with Crippen LogP contribution in [0.25, 0.3) is 0 Å². The fraction of sp³-hybridized carbons (Fsp3) is 0.222. The highest BCUT2D eigenvalue weighted by Gasteiger charge is 2.28. The normalized spacial score (nSPS) is 11.2. The third-order valence-corrected chi connectivity index (χ3v) is 2.12. The maximum absolute atomic E-state index is 11.9. The molecule has 0 aromatic heterocycles. The second kappa shape index (κ2) is 4.73. The van der Waals surface area contributed by atoms with Crippen molar-refractivity contribution in [3.8, 4) is 5.75 Å². The van der Waals surface area contributed by atoms with E-state index < -0.39 is 12.8 Å². The lowest BCUT2D eigenvalue weighted by Crippen LogP contribution is -2.21. The number of nitrogens with one attached hydrogen (secondary N) is 1. The van der Waals surface area contributed by atoms with Crippen molar-refractivity contribution in [3.05, 3.63) is 28.2 Å². The SMILES string of the molecule is N=C(N)c1cc(Br)ccc1OCC(F)(F)F. The Labute approximate surface area is 98.0 Å². The highest BCUT2D eigenvalue weighted by Crippen LogP contribution is 2.25. The van der Waals surface area contributed by atoms with Crippen LogP contribution in [0.5, 0.6) is 5.75 Å². The Morgan fingerprint density at radius 1 is 1.44 bits per heavy atom. The highest BCUT2D eigenvalue weighted by atomic mass is 79.9. The number of rotatable bonds is 3. The van der Waals surface area contributed by atoms with Crippen molar-refractivity contribution in [2.75, 3.05) is 6.61 Å². The Bertz CT molecular complexity index is 406. The monoisotopic (exact) mass is 296 g/mol. The Morgan fingerprint density at radius 2 is 2.06 bits per heavy atom. The zero-order valence-electron chi connectivity index (χ0n) is 7.94. The molecule has 0 aliphatic heterocycles. The standard InChI is InChI=1S/C9H8BrF3N2O/c10-5-1-2-7(6(3-5)8(14)15)16-4-9(11,12)13/h1-3H,4H2,(H3,14,15). The summed E-state index contributed by atoms with van der Waals surface area (Å²) in [5, 5.41) is 7.20. The predicted octanol–water partition coefficient (Wildman–Crippen LogP) is 2.67. The van der Waals surface area contributed by atoms with Gasteiger partial charge in [0.1, 0.15) is 11.6 Å². The van der Waals surface area contributed by atoms with E-state index in [1.165, 1.54) is 18.2 Å². The molecule has 7 heteroatoms. The third-order valence-electron chi connectivity index (χ3n) is 1.62. The number of nitrogen functional groups attached to an aromatic ring is 1. The summed E-state index contributed by atoms with van der Waals surface area (Å²) in [5.74, 6) is -0.411. The molecule has 1 rings (SSSR count). The van der Waals surface area contributed by atoms with Crippen LogP contribution in [0.1, 0.15) is 5.56 Å². The molecule has 0 spiro atoms. The molecule has 1 aromatic carbocycles. The average molecular weight is 297 g/mol. The Kier molecular flexibility index (Phi) is 3.79. The minimum absolute atomic E-state index is 0.0620.